The Labute approximate surface area is 165 Å². The van der Waals surface area contributed by atoms with Crippen molar-refractivity contribution in [3.63, 3.8) is 0 Å². The SMILES string of the molecule is COc1cc(Br)cc(C2NC(C(=O)O)CS2)c1OCCc1ccccc1. The third-order valence-electron chi connectivity index (χ3n) is 4.11. The molecule has 1 heterocycles. The minimum atomic E-state index is -0.839. The Balaban J connectivity index is 1.79. The molecule has 0 bridgehead atoms. The molecule has 0 aromatic heterocycles. The van der Waals surface area contributed by atoms with Crippen LogP contribution in [-0.4, -0.2) is 36.6 Å². The fraction of sp³-hybridized carbons (Fsp3) is 0.316. The molecule has 2 atom stereocenters. The van der Waals surface area contributed by atoms with E-state index in [1.165, 1.54) is 5.56 Å². The van der Waals surface area contributed by atoms with Crippen molar-refractivity contribution < 1.29 is 19.4 Å². The maximum Gasteiger partial charge on any atom is 0.321 e. The molecular weight excluding hydrogens is 418 g/mol. The number of rotatable bonds is 7. The Morgan fingerprint density at radius 2 is 2.12 bits per heavy atom. The lowest BCUT2D eigenvalue weighted by atomic mass is 10.1. The van der Waals surface area contributed by atoms with E-state index in [1.807, 2.05) is 30.3 Å². The molecule has 5 nitrogen and oxygen atoms in total. The van der Waals surface area contributed by atoms with Gasteiger partial charge in [-0.05, 0) is 17.7 Å². The highest BCUT2D eigenvalue weighted by Crippen LogP contribution is 2.44. The Hall–Kier alpha value is -1.70. The van der Waals surface area contributed by atoms with Crippen LogP contribution in [0.4, 0.5) is 0 Å². The van der Waals surface area contributed by atoms with E-state index in [2.05, 4.69) is 33.4 Å². The molecule has 1 saturated heterocycles. The average molecular weight is 438 g/mol. The quantitative estimate of drug-likeness (QED) is 0.684. The van der Waals surface area contributed by atoms with Crippen molar-refractivity contribution in [2.45, 2.75) is 17.8 Å². The van der Waals surface area contributed by atoms with E-state index in [-0.39, 0.29) is 5.37 Å². The van der Waals surface area contributed by atoms with E-state index in [0.717, 1.165) is 16.5 Å². The molecule has 2 aromatic carbocycles. The predicted molar refractivity (Wildman–Crippen MR) is 106 cm³/mol. The molecule has 1 fully saturated rings. The number of methoxy groups -OCH3 is 1. The number of carbonyl (C=O) groups is 1. The second kappa shape index (κ2) is 8.79. The number of carboxylic acid groups (broad SMARTS) is 1. The van der Waals surface area contributed by atoms with Gasteiger partial charge in [-0.2, -0.15) is 0 Å². The minimum Gasteiger partial charge on any atom is -0.493 e. The summed E-state index contributed by atoms with van der Waals surface area (Å²) in [5.74, 6) is 0.956. The van der Waals surface area contributed by atoms with Gasteiger partial charge in [0.05, 0.1) is 19.1 Å². The summed E-state index contributed by atoms with van der Waals surface area (Å²) in [6.45, 7) is 0.509. The van der Waals surface area contributed by atoms with Crippen LogP contribution in [0.5, 0.6) is 11.5 Å². The zero-order valence-electron chi connectivity index (χ0n) is 14.3. The highest BCUT2D eigenvalue weighted by Gasteiger charge is 2.33. The summed E-state index contributed by atoms with van der Waals surface area (Å²) in [5, 5.41) is 12.2. The maximum absolute atomic E-state index is 11.2. The number of benzene rings is 2. The Morgan fingerprint density at radius 3 is 2.77 bits per heavy atom. The van der Waals surface area contributed by atoms with Crippen LogP contribution in [0.25, 0.3) is 0 Å². The summed E-state index contributed by atoms with van der Waals surface area (Å²) in [7, 11) is 1.60. The van der Waals surface area contributed by atoms with Crippen LogP contribution in [0.1, 0.15) is 16.5 Å². The van der Waals surface area contributed by atoms with E-state index in [1.54, 1.807) is 18.9 Å². The molecule has 2 unspecified atom stereocenters. The van der Waals surface area contributed by atoms with Crippen LogP contribution in [0.2, 0.25) is 0 Å². The average Bonchev–Trinajstić information content (AvgIpc) is 3.13. The summed E-state index contributed by atoms with van der Waals surface area (Å²) in [5.41, 5.74) is 2.09. The van der Waals surface area contributed by atoms with Gasteiger partial charge in [0.2, 0.25) is 0 Å². The van der Waals surface area contributed by atoms with Gasteiger partial charge in [-0.1, -0.05) is 46.3 Å². The van der Waals surface area contributed by atoms with Gasteiger partial charge in [0.25, 0.3) is 0 Å². The third kappa shape index (κ3) is 4.52. The smallest absolute Gasteiger partial charge is 0.321 e. The van der Waals surface area contributed by atoms with Crippen molar-refractivity contribution >= 4 is 33.7 Å². The van der Waals surface area contributed by atoms with E-state index < -0.39 is 12.0 Å². The lowest BCUT2D eigenvalue weighted by molar-refractivity contribution is -0.138. The molecule has 0 aliphatic carbocycles. The third-order valence-corrected chi connectivity index (χ3v) is 5.82. The lowest BCUT2D eigenvalue weighted by Crippen LogP contribution is -2.33. The van der Waals surface area contributed by atoms with Crippen LogP contribution in [0.15, 0.2) is 46.9 Å². The molecule has 0 radical (unpaired) electrons. The number of halogens is 1. The van der Waals surface area contributed by atoms with Gasteiger partial charge in [-0.15, -0.1) is 11.8 Å². The van der Waals surface area contributed by atoms with Crippen molar-refractivity contribution in [2.75, 3.05) is 19.5 Å². The van der Waals surface area contributed by atoms with Crippen LogP contribution in [0, 0.1) is 0 Å². The largest absolute Gasteiger partial charge is 0.493 e. The maximum atomic E-state index is 11.2. The zero-order chi connectivity index (χ0) is 18.5. The number of thioether (sulfide) groups is 1. The summed E-state index contributed by atoms with van der Waals surface area (Å²) in [4.78, 5) is 11.2. The van der Waals surface area contributed by atoms with Crippen LogP contribution in [0.3, 0.4) is 0 Å². The van der Waals surface area contributed by atoms with Gasteiger partial charge in [0.15, 0.2) is 11.5 Å². The Bertz CT molecular complexity index is 772. The minimum absolute atomic E-state index is 0.158. The van der Waals surface area contributed by atoms with Gasteiger partial charge < -0.3 is 14.6 Å². The molecule has 3 rings (SSSR count). The molecule has 7 heteroatoms. The first-order chi connectivity index (χ1) is 12.6. The highest BCUT2D eigenvalue weighted by atomic mass is 79.9. The molecule has 1 aliphatic rings. The fourth-order valence-corrected chi connectivity index (χ4v) is 4.49. The lowest BCUT2D eigenvalue weighted by Gasteiger charge is -2.20. The van der Waals surface area contributed by atoms with Gasteiger partial charge in [0, 0.05) is 22.2 Å². The van der Waals surface area contributed by atoms with E-state index in [4.69, 9.17) is 9.47 Å². The highest BCUT2D eigenvalue weighted by molar-refractivity contribution is 9.10. The zero-order valence-corrected chi connectivity index (χ0v) is 16.7. The number of aliphatic carboxylic acids is 1. The number of nitrogens with one attached hydrogen (secondary N) is 1. The molecule has 2 aromatic rings. The topological polar surface area (TPSA) is 67.8 Å². The molecule has 138 valence electrons. The van der Waals surface area contributed by atoms with Gasteiger partial charge >= 0.3 is 5.97 Å². The first-order valence-electron chi connectivity index (χ1n) is 8.23. The number of hydrogen-bond donors (Lipinski definition) is 2. The second-order valence-electron chi connectivity index (χ2n) is 5.88. The molecule has 0 amide bonds. The summed E-state index contributed by atoms with van der Waals surface area (Å²) in [6, 6.07) is 13.4. The number of carboxylic acids is 1. The predicted octanol–water partition coefficient (Wildman–Crippen LogP) is 3.87. The van der Waals surface area contributed by atoms with Crippen molar-refractivity contribution in [3.05, 3.63) is 58.1 Å². The van der Waals surface area contributed by atoms with Gasteiger partial charge in [-0.25, -0.2) is 0 Å². The summed E-state index contributed by atoms with van der Waals surface area (Å²) < 4.78 is 12.4. The molecule has 2 N–H and O–H groups in total. The Morgan fingerprint density at radius 1 is 1.35 bits per heavy atom. The van der Waals surface area contributed by atoms with Crippen molar-refractivity contribution in [3.8, 4) is 11.5 Å². The molecule has 0 saturated carbocycles. The van der Waals surface area contributed by atoms with Crippen molar-refractivity contribution in [1.82, 2.24) is 5.32 Å². The van der Waals surface area contributed by atoms with Crippen LogP contribution < -0.4 is 14.8 Å². The first-order valence-corrected chi connectivity index (χ1v) is 10.1. The fourth-order valence-electron chi connectivity index (χ4n) is 2.80. The van der Waals surface area contributed by atoms with Crippen LogP contribution >= 0.6 is 27.7 Å². The van der Waals surface area contributed by atoms with Crippen LogP contribution in [-0.2, 0) is 11.2 Å². The Kier molecular flexibility index (Phi) is 6.45. The molecule has 26 heavy (non-hydrogen) atoms. The van der Waals surface area contributed by atoms with Crippen molar-refractivity contribution in [1.29, 1.82) is 0 Å². The molecule has 0 spiro atoms. The van der Waals surface area contributed by atoms with E-state index in [9.17, 15) is 9.90 Å². The number of hydrogen-bond acceptors (Lipinski definition) is 5. The first kappa shape index (κ1) is 19.1. The standard InChI is InChI=1S/C19H20BrNO4S/c1-24-16-10-13(20)9-14(18-21-15(11-26-18)19(22)23)17(16)25-8-7-12-5-3-2-4-6-12/h2-6,9-10,15,18,21H,7-8,11H2,1H3,(H,22,23). The molecule has 1 aliphatic heterocycles. The normalized spacial score (nSPS) is 19.3. The van der Waals surface area contributed by atoms with E-state index >= 15 is 0 Å². The summed E-state index contributed by atoms with van der Waals surface area (Å²) >= 11 is 5.05. The van der Waals surface area contributed by atoms with Crippen molar-refractivity contribution in [2.24, 2.45) is 0 Å². The monoisotopic (exact) mass is 437 g/mol. The van der Waals surface area contributed by atoms with Gasteiger partial charge in [-0.3, -0.25) is 10.1 Å². The number of ether oxygens (including phenoxy) is 2. The van der Waals surface area contributed by atoms with E-state index in [0.29, 0.717) is 23.9 Å². The van der Waals surface area contributed by atoms with Gasteiger partial charge in [0.1, 0.15) is 6.04 Å². The molecular formula is C19H20BrNO4S. The summed E-state index contributed by atoms with van der Waals surface area (Å²) in [6.07, 6.45) is 0.780. The second-order valence-corrected chi connectivity index (χ2v) is 7.94.